The van der Waals surface area contributed by atoms with Crippen molar-refractivity contribution in [3.8, 4) is 5.75 Å². The van der Waals surface area contributed by atoms with Gasteiger partial charge in [-0.3, -0.25) is 4.79 Å². The van der Waals surface area contributed by atoms with Gasteiger partial charge in [0, 0.05) is 30.9 Å². The fourth-order valence-electron chi connectivity index (χ4n) is 4.10. The molecule has 2 N–H and O–H groups in total. The van der Waals surface area contributed by atoms with Crippen molar-refractivity contribution in [2.24, 2.45) is 0 Å². The van der Waals surface area contributed by atoms with E-state index in [4.69, 9.17) is 4.74 Å². The SMILES string of the molecule is CCCCOc1ccc(C(CC(=O)CCc2ccccc2)Nc2ccc(S(=O)(=O)Nc3ncccn3)cc2)cc1. The molecular weight excluding hydrogens is 524 g/mol. The molecule has 1 unspecified atom stereocenters. The Morgan fingerprint density at radius 3 is 2.27 bits per heavy atom. The van der Waals surface area contributed by atoms with Crippen molar-refractivity contribution in [1.29, 1.82) is 0 Å². The minimum absolute atomic E-state index is 0.000834. The topological polar surface area (TPSA) is 110 Å². The van der Waals surface area contributed by atoms with E-state index in [0.29, 0.717) is 25.1 Å². The molecule has 0 aliphatic heterocycles. The van der Waals surface area contributed by atoms with Crippen LogP contribution in [0, 0.1) is 0 Å². The number of ketones is 1. The number of anilines is 2. The summed E-state index contributed by atoms with van der Waals surface area (Å²) >= 11 is 0. The maximum Gasteiger partial charge on any atom is 0.264 e. The molecule has 1 aromatic heterocycles. The van der Waals surface area contributed by atoms with Gasteiger partial charge in [0.25, 0.3) is 10.0 Å². The Labute approximate surface area is 235 Å². The number of Topliss-reactive ketones (excluding diaryl/α,β-unsaturated/α-hetero) is 1. The summed E-state index contributed by atoms with van der Waals surface area (Å²) in [6.45, 7) is 2.78. The number of hydrogen-bond acceptors (Lipinski definition) is 7. The molecule has 8 nitrogen and oxygen atoms in total. The summed E-state index contributed by atoms with van der Waals surface area (Å²) in [5.74, 6) is 0.924. The molecule has 0 bridgehead atoms. The number of nitrogens with zero attached hydrogens (tertiary/aromatic N) is 2. The number of unbranched alkanes of at least 4 members (excludes halogenated alkanes) is 1. The average molecular weight is 559 g/mol. The highest BCUT2D eigenvalue weighted by Gasteiger charge is 2.19. The van der Waals surface area contributed by atoms with Crippen molar-refractivity contribution in [3.05, 3.63) is 108 Å². The Bertz CT molecular complexity index is 1450. The Kier molecular flexibility index (Phi) is 10.2. The molecule has 0 saturated heterocycles. The van der Waals surface area contributed by atoms with Crippen LogP contribution in [-0.4, -0.2) is 30.8 Å². The van der Waals surface area contributed by atoms with E-state index in [1.165, 1.54) is 24.5 Å². The van der Waals surface area contributed by atoms with Gasteiger partial charge >= 0.3 is 0 Å². The van der Waals surface area contributed by atoms with Gasteiger partial charge in [-0.2, -0.15) is 0 Å². The number of nitrogens with one attached hydrogen (secondary N) is 2. The lowest BCUT2D eigenvalue weighted by Gasteiger charge is -2.21. The summed E-state index contributed by atoms with van der Waals surface area (Å²) in [5.41, 5.74) is 2.76. The van der Waals surface area contributed by atoms with Crippen LogP contribution in [0.25, 0.3) is 0 Å². The Morgan fingerprint density at radius 2 is 1.60 bits per heavy atom. The Balaban J connectivity index is 1.47. The van der Waals surface area contributed by atoms with E-state index in [0.717, 1.165) is 29.7 Å². The number of sulfonamides is 1. The van der Waals surface area contributed by atoms with Crippen molar-refractivity contribution in [1.82, 2.24) is 9.97 Å². The minimum atomic E-state index is -3.85. The van der Waals surface area contributed by atoms with Gasteiger partial charge in [-0.05, 0) is 66.4 Å². The first-order valence-corrected chi connectivity index (χ1v) is 14.9. The fourth-order valence-corrected chi connectivity index (χ4v) is 5.06. The second-order valence-corrected chi connectivity index (χ2v) is 11.1. The number of benzene rings is 3. The number of hydrogen-bond donors (Lipinski definition) is 2. The van der Waals surface area contributed by atoms with Crippen LogP contribution in [0.15, 0.2) is 102 Å². The van der Waals surface area contributed by atoms with Gasteiger partial charge in [-0.1, -0.05) is 55.8 Å². The van der Waals surface area contributed by atoms with Crippen LogP contribution in [0.2, 0.25) is 0 Å². The third-order valence-electron chi connectivity index (χ3n) is 6.31. The maximum atomic E-state index is 13.0. The van der Waals surface area contributed by atoms with Crippen LogP contribution in [0.1, 0.15) is 49.8 Å². The largest absolute Gasteiger partial charge is 0.494 e. The van der Waals surface area contributed by atoms with Crippen LogP contribution in [0.4, 0.5) is 11.6 Å². The lowest BCUT2D eigenvalue weighted by atomic mass is 9.97. The zero-order valence-electron chi connectivity index (χ0n) is 22.5. The first-order valence-electron chi connectivity index (χ1n) is 13.4. The van der Waals surface area contributed by atoms with Gasteiger partial charge in [0.05, 0.1) is 17.5 Å². The van der Waals surface area contributed by atoms with Crippen LogP contribution in [-0.2, 0) is 21.2 Å². The van der Waals surface area contributed by atoms with Crippen molar-refractivity contribution in [3.63, 3.8) is 0 Å². The lowest BCUT2D eigenvalue weighted by molar-refractivity contribution is -0.119. The van der Waals surface area contributed by atoms with Crippen molar-refractivity contribution >= 4 is 27.4 Å². The van der Waals surface area contributed by atoms with Gasteiger partial charge in [0.15, 0.2) is 0 Å². The van der Waals surface area contributed by atoms with E-state index < -0.39 is 10.0 Å². The first kappa shape index (κ1) is 28.8. The molecule has 9 heteroatoms. The Hall–Kier alpha value is -4.24. The number of carbonyl (C=O) groups excluding carboxylic acids is 1. The summed E-state index contributed by atoms with van der Waals surface area (Å²) in [7, 11) is -3.85. The second-order valence-electron chi connectivity index (χ2n) is 9.40. The summed E-state index contributed by atoms with van der Waals surface area (Å²) in [6.07, 6.45) is 6.38. The molecule has 3 aromatic carbocycles. The highest BCUT2D eigenvalue weighted by Crippen LogP contribution is 2.27. The molecular formula is C31H34N4O4S. The molecule has 4 aromatic rings. The number of rotatable bonds is 15. The standard InChI is InChI=1S/C31H34N4O4S/c1-2-3-22-39-28-16-11-25(12-17-28)30(23-27(36)15-10-24-8-5-4-6-9-24)34-26-13-18-29(19-14-26)40(37,38)35-31-32-20-7-21-33-31/h4-9,11-14,16-21,30,34H,2-3,10,15,22-23H2,1H3,(H,32,33,35). The van der Waals surface area contributed by atoms with Crippen LogP contribution in [0.5, 0.6) is 5.75 Å². The van der Waals surface area contributed by atoms with Gasteiger partial charge < -0.3 is 10.1 Å². The quantitative estimate of drug-likeness (QED) is 0.167. The molecule has 0 saturated carbocycles. The predicted molar refractivity (Wildman–Crippen MR) is 157 cm³/mol. The number of aryl methyl sites for hydroxylation is 1. The van der Waals surface area contributed by atoms with Gasteiger partial charge in [0.1, 0.15) is 11.5 Å². The van der Waals surface area contributed by atoms with Crippen molar-refractivity contribution < 1.29 is 17.9 Å². The van der Waals surface area contributed by atoms with Crippen LogP contribution < -0.4 is 14.8 Å². The minimum Gasteiger partial charge on any atom is -0.494 e. The second kappa shape index (κ2) is 14.2. The normalized spacial score (nSPS) is 11.9. The summed E-state index contributed by atoms with van der Waals surface area (Å²) in [6, 6.07) is 25.4. The fraction of sp³-hybridized carbons (Fsp3) is 0.258. The molecule has 0 amide bonds. The molecule has 0 spiro atoms. The molecule has 0 fully saturated rings. The molecule has 0 radical (unpaired) electrons. The van der Waals surface area contributed by atoms with Crippen molar-refractivity contribution in [2.45, 2.75) is 50.0 Å². The van der Waals surface area contributed by atoms with Crippen LogP contribution >= 0.6 is 0 Å². The van der Waals surface area contributed by atoms with E-state index in [1.807, 2.05) is 54.6 Å². The van der Waals surface area contributed by atoms with E-state index in [2.05, 4.69) is 26.9 Å². The average Bonchev–Trinajstić information content (AvgIpc) is 2.97. The van der Waals surface area contributed by atoms with Crippen LogP contribution in [0.3, 0.4) is 0 Å². The molecule has 0 aliphatic carbocycles. The molecule has 208 valence electrons. The molecule has 40 heavy (non-hydrogen) atoms. The molecule has 1 atom stereocenters. The van der Waals surface area contributed by atoms with Gasteiger partial charge in [-0.25, -0.2) is 23.1 Å². The summed E-state index contributed by atoms with van der Waals surface area (Å²) < 4.78 is 33.7. The monoisotopic (exact) mass is 558 g/mol. The maximum absolute atomic E-state index is 13.0. The van der Waals surface area contributed by atoms with Crippen molar-refractivity contribution in [2.75, 3.05) is 16.6 Å². The zero-order chi connectivity index (χ0) is 28.2. The number of ether oxygens (including phenoxy) is 1. The van der Waals surface area contributed by atoms with E-state index in [-0.39, 0.29) is 29.1 Å². The number of carbonyl (C=O) groups is 1. The first-order chi connectivity index (χ1) is 19.4. The lowest BCUT2D eigenvalue weighted by Crippen LogP contribution is -2.17. The van der Waals surface area contributed by atoms with E-state index >= 15 is 0 Å². The summed E-state index contributed by atoms with van der Waals surface area (Å²) in [5, 5.41) is 3.42. The van der Waals surface area contributed by atoms with E-state index in [9.17, 15) is 13.2 Å². The predicted octanol–water partition coefficient (Wildman–Crippen LogP) is 6.20. The highest BCUT2D eigenvalue weighted by atomic mass is 32.2. The van der Waals surface area contributed by atoms with Gasteiger partial charge in [0.2, 0.25) is 5.95 Å². The van der Waals surface area contributed by atoms with E-state index in [1.54, 1.807) is 18.2 Å². The van der Waals surface area contributed by atoms with Gasteiger partial charge in [-0.15, -0.1) is 0 Å². The molecule has 4 rings (SSSR count). The zero-order valence-corrected chi connectivity index (χ0v) is 23.3. The third-order valence-corrected chi connectivity index (χ3v) is 7.66. The Morgan fingerprint density at radius 1 is 0.900 bits per heavy atom. The third kappa shape index (κ3) is 8.64. The molecule has 1 heterocycles. The summed E-state index contributed by atoms with van der Waals surface area (Å²) in [4.78, 5) is 20.9. The molecule has 0 aliphatic rings. The number of aromatic nitrogens is 2. The highest BCUT2D eigenvalue weighted by molar-refractivity contribution is 7.92. The smallest absolute Gasteiger partial charge is 0.264 e.